The van der Waals surface area contributed by atoms with Crippen molar-refractivity contribution in [2.75, 3.05) is 6.61 Å². The molecule has 2 saturated heterocycles. The van der Waals surface area contributed by atoms with E-state index in [1.165, 1.54) is 19.2 Å². The van der Waals surface area contributed by atoms with Gasteiger partial charge in [0.2, 0.25) is 0 Å². The molecule has 5 atom stereocenters. The molecular weight excluding hydrogens is 266 g/mol. The monoisotopic (exact) mass is 287 g/mol. The molecule has 7 heteroatoms. The van der Waals surface area contributed by atoms with Gasteiger partial charge in [0, 0.05) is 6.20 Å². The van der Waals surface area contributed by atoms with Gasteiger partial charge in [-0.3, -0.25) is 4.79 Å². The van der Waals surface area contributed by atoms with E-state index in [-0.39, 0.29) is 12.4 Å². The highest BCUT2D eigenvalue weighted by molar-refractivity contribution is 5.87. The molecule has 2 rings (SSSR count). The number of ether oxygens (including phenoxy) is 3. The van der Waals surface area contributed by atoms with Crippen molar-refractivity contribution in [2.24, 2.45) is 0 Å². The molecule has 20 heavy (non-hydrogen) atoms. The van der Waals surface area contributed by atoms with Crippen LogP contribution in [-0.4, -0.2) is 59.0 Å². The van der Waals surface area contributed by atoms with Crippen LogP contribution in [0.4, 0.5) is 0 Å². The van der Waals surface area contributed by atoms with Gasteiger partial charge < -0.3 is 29.7 Å². The lowest BCUT2D eigenvalue weighted by molar-refractivity contribution is -0.218. The van der Waals surface area contributed by atoms with E-state index in [2.05, 4.69) is 5.32 Å². The standard InChI is InChI=1S/C13H21NO6/c1-7(16)4-5-14-8(6-15)10-9(17)11-12(18-10)20-13(2,3)19-11/h4-5,8-12,14-15,17H,6H2,1-3H3/b5-4-/t8-,9+,10-,11-,12-/m1/s1. The van der Waals surface area contributed by atoms with Gasteiger partial charge in [-0.25, -0.2) is 0 Å². The Bertz CT molecular complexity index is 396. The normalized spacial score (nSPS) is 37.0. The van der Waals surface area contributed by atoms with E-state index in [4.69, 9.17) is 14.2 Å². The molecule has 114 valence electrons. The fourth-order valence-corrected chi connectivity index (χ4v) is 2.39. The van der Waals surface area contributed by atoms with E-state index >= 15 is 0 Å². The summed E-state index contributed by atoms with van der Waals surface area (Å²) in [4.78, 5) is 10.8. The summed E-state index contributed by atoms with van der Waals surface area (Å²) in [6, 6.07) is -0.554. The third-order valence-electron chi connectivity index (χ3n) is 3.27. The number of ketones is 1. The maximum Gasteiger partial charge on any atom is 0.190 e. The lowest BCUT2D eigenvalue weighted by Crippen LogP contribution is -2.48. The third-order valence-corrected chi connectivity index (χ3v) is 3.27. The maximum absolute atomic E-state index is 10.8. The van der Waals surface area contributed by atoms with E-state index in [1.807, 2.05) is 0 Å². The van der Waals surface area contributed by atoms with Gasteiger partial charge in [-0.15, -0.1) is 0 Å². The summed E-state index contributed by atoms with van der Waals surface area (Å²) in [7, 11) is 0. The molecule has 2 aliphatic heterocycles. The van der Waals surface area contributed by atoms with Crippen LogP contribution in [0, 0.1) is 0 Å². The quantitative estimate of drug-likeness (QED) is 0.574. The van der Waals surface area contributed by atoms with E-state index in [0.29, 0.717) is 0 Å². The van der Waals surface area contributed by atoms with Crippen LogP contribution in [0.15, 0.2) is 12.3 Å². The molecule has 3 N–H and O–H groups in total. The number of carbonyl (C=O) groups excluding carboxylic acids is 1. The molecule has 0 bridgehead atoms. The molecule has 0 spiro atoms. The highest BCUT2D eigenvalue weighted by Crippen LogP contribution is 2.38. The number of aliphatic hydroxyl groups excluding tert-OH is 2. The molecule has 7 nitrogen and oxygen atoms in total. The summed E-state index contributed by atoms with van der Waals surface area (Å²) in [6.07, 6.45) is -0.0693. The van der Waals surface area contributed by atoms with Crippen LogP contribution < -0.4 is 5.32 Å². The average Bonchev–Trinajstić information content (AvgIpc) is 2.79. The first-order valence-electron chi connectivity index (χ1n) is 6.57. The van der Waals surface area contributed by atoms with Crippen LogP contribution in [0.3, 0.4) is 0 Å². The fraction of sp³-hybridized carbons (Fsp3) is 0.769. The Balaban J connectivity index is 1.98. The summed E-state index contributed by atoms with van der Waals surface area (Å²) in [5, 5.41) is 22.4. The van der Waals surface area contributed by atoms with Gasteiger partial charge in [-0.1, -0.05) is 0 Å². The molecule has 2 fully saturated rings. The molecule has 0 aromatic rings. The summed E-state index contributed by atoms with van der Waals surface area (Å²) in [6.45, 7) is 4.65. The SMILES string of the molecule is CC(=O)/C=C\N[C@H](CO)[C@H]1O[C@@H]2OC(C)(C)O[C@@H]2[C@H]1O. The predicted octanol–water partition coefficient (Wildman–Crippen LogP) is -0.723. The van der Waals surface area contributed by atoms with Gasteiger partial charge in [0.1, 0.15) is 18.3 Å². The van der Waals surface area contributed by atoms with Gasteiger partial charge in [0.25, 0.3) is 0 Å². The number of rotatable bonds is 5. The number of fused-ring (bicyclic) bond motifs is 1. The van der Waals surface area contributed by atoms with Crippen LogP contribution in [-0.2, 0) is 19.0 Å². The Morgan fingerprint density at radius 2 is 2.15 bits per heavy atom. The van der Waals surface area contributed by atoms with E-state index < -0.39 is 36.4 Å². The van der Waals surface area contributed by atoms with Crippen molar-refractivity contribution in [1.82, 2.24) is 5.32 Å². The lowest BCUT2D eigenvalue weighted by Gasteiger charge is -2.27. The molecule has 0 aromatic carbocycles. The Kier molecular flexibility index (Phi) is 4.46. The second kappa shape index (κ2) is 5.79. The van der Waals surface area contributed by atoms with E-state index in [9.17, 15) is 15.0 Å². The largest absolute Gasteiger partial charge is 0.394 e. The zero-order valence-electron chi connectivity index (χ0n) is 11.8. The van der Waals surface area contributed by atoms with Crippen LogP contribution in [0.2, 0.25) is 0 Å². The highest BCUT2D eigenvalue weighted by Gasteiger charge is 2.55. The fourth-order valence-electron chi connectivity index (χ4n) is 2.39. The van der Waals surface area contributed by atoms with Crippen LogP contribution >= 0.6 is 0 Å². The summed E-state index contributed by atoms with van der Waals surface area (Å²) >= 11 is 0. The highest BCUT2D eigenvalue weighted by atomic mass is 16.8. The third kappa shape index (κ3) is 3.18. The molecule has 0 radical (unpaired) electrons. The van der Waals surface area contributed by atoms with Crippen molar-refractivity contribution < 1.29 is 29.2 Å². The minimum absolute atomic E-state index is 0.118. The Hall–Kier alpha value is -0.990. The first kappa shape index (κ1) is 15.4. The van der Waals surface area contributed by atoms with Crippen molar-refractivity contribution >= 4 is 5.78 Å². The number of nitrogens with one attached hydrogen (secondary N) is 1. The number of aliphatic hydroxyl groups is 2. The molecule has 2 aliphatic rings. The van der Waals surface area contributed by atoms with E-state index in [1.54, 1.807) is 13.8 Å². The van der Waals surface area contributed by atoms with Gasteiger partial charge >= 0.3 is 0 Å². The van der Waals surface area contributed by atoms with Crippen molar-refractivity contribution in [3.8, 4) is 0 Å². The molecule has 0 aliphatic carbocycles. The number of allylic oxidation sites excluding steroid dienone is 1. The smallest absolute Gasteiger partial charge is 0.190 e. The maximum atomic E-state index is 10.8. The minimum atomic E-state index is -0.919. The molecule has 0 amide bonds. The van der Waals surface area contributed by atoms with Gasteiger partial charge in [0.15, 0.2) is 17.9 Å². The summed E-state index contributed by atoms with van der Waals surface area (Å²) < 4.78 is 16.7. The Morgan fingerprint density at radius 1 is 1.45 bits per heavy atom. The molecule has 2 heterocycles. The minimum Gasteiger partial charge on any atom is -0.394 e. The van der Waals surface area contributed by atoms with Crippen LogP contribution in [0.1, 0.15) is 20.8 Å². The lowest BCUT2D eigenvalue weighted by atomic mass is 10.0. The second-order valence-electron chi connectivity index (χ2n) is 5.46. The van der Waals surface area contributed by atoms with Crippen molar-refractivity contribution in [2.45, 2.75) is 57.2 Å². The van der Waals surface area contributed by atoms with Crippen molar-refractivity contribution in [1.29, 1.82) is 0 Å². The average molecular weight is 287 g/mol. The molecule has 0 aromatic heterocycles. The predicted molar refractivity (Wildman–Crippen MR) is 68.5 cm³/mol. The Labute approximate surface area is 117 Å². The molecule has 0 saturated carbocycles. The zero-order chi connectivity index (χ0) is 14.9. The topological polar surface area (TPSA) is 97.3 Å². The summed E-state index contributed by atoms with van der Waals surface area (Å²) in [5.74, 6) is -0.912. The van der Waals surface area contributed by atoms with Crippen LogP contribution in [0.5, 0.6) is 0 Å². The first-order chi connectivity index (χ1) is 9.34. The molecular formula is C13H21NO6. The molecule has 0 unspecified atom stereocenters. The Morgan fingerprint density at radius 3 is 2.70 bits per heavy atom. The van der Waals surface area contributed by atoms with Gasteiger partial charge in [-0.05, 0) is 26.8 Å². The first-order valence-corrected chi connectivity index (χ1v) is 6.57. The number of hydrogen-bond acceptors (Lipinski definition) is 7. The van der Waals surface area contributed by atoms with Crippen molar-refractivity contribution in [3.63, 3.8) is 0 Å². The summed E-state index contributed by atoms with van der Waals surface area (Å²) in [5.41, 5.74) is 0. The zero-order valence-corrected chi connectivity index (χ0v) is 11.8. The number of carbonyl (C=O) groups is 1. The number of hydrogen-bond donors (Lipinski definition) is 3. The van der Waals surface area contributed by atoms with E-state index in [0.717, 1.165) is 0 Å². The second-order valence-corrected chi connectivity index (χ2v) is 5.46. The van der Waals surface area contributed by atoms with Gasteiger partial charge in [0.05, 0.1) is 12.6 Å². The van der Waals surface area contributed by atoms with Crippen LogP contribution in [0.25, 0.3) is 0 Å². The van der Waals surface area contributed by atoms with Crippen molar-refractivity contribution in [3.05, 3.63) is 12.3 Å². The van der Waals surface area contributed by atoms with Gasteiger partial charge in [-0.2, -0.15) is 0 Å².